The Morgan fingerprint density at radius 2 is 2.00 bits per heavy atom. The quantitative estimate of drug-likeness (QED) is 0.755. The highest BCUT2D eigenvalue weighted by atomic mass is 16.2. The Bertz CT molecular complexity index is 395. The van der Waals surface area contributed by atoms with Crippen LogP contribution in [0.1, 0.15) is 44.7 Å². The Balaban J connectivity index is 2.58. The first-order valence-corrected chi connectivity index (χ1v) is 6.85. The van der Waals surface area contributed by atoms with Crippen LogP contribution in [0.3, 0.4) is 0 Å². The molecule has 0 aliphatic heterocycles. The first-order valence-electron chi connectivity index (χ1n) is 6.85. The normalized spacial score (nSPS) is 12.9. The van der Waals surface area contributed by atoms with Gasteiger partial charge in [0.15, 0.2) is 0 Å². The fraction of sp³-hybridized carbons (Fsp3) is 0.562. The average Bonchev–Trinajstić information content (AvgIpc) is 2.42. The van der Waals surface area contributed by atoms with Gasteiger partial charge in [-0.1, -0.05) is 44.2 Å². The van der Waals surface area contributed by atoms with E-state index in [0.29, 0.717) is 6.42 Å². The third kappa shape index (κ3) is 5.87. The van der Waals surface area contributed by atoms with Crippen molar-refractivity contribution in [2.45, 2.75) is 39.2 Å². The lowest BCUT2D eigenvalue weighted by atomic mass is 9.87. The van der Waals surface area contributed by atoms with E-state index in [0.717, 1.165) is 24.9 Å². The molecule has 1 atom stereocenters. The van der Waals surface area contributed by atoms with Gasteiger partial charge >= 0.3 is 0 Å². The summed E-state index contributed by atoms with van der Waals surface area (Å²) in [5, 5.41) is 21.3. The van der Waals surface area contributed by atoms with Gasteiger partial charge in [0.1, 0.15) is 0 Å². The molecule has 19 heavy (non-hydrogen) atoms. The minimum atomic E-state index is 0.0830. The number of hydrogen-bond acceptors (Lipinski definition) is 3. The summed E-state index contributed by atoms with van der Waals surface area (Å²) >= 11 is 0. The molecule has 3 nitrogen and oxygen atoms in total. The summed E-state index contributed by atoms with van der Waals surface area (Å²) in [5.41, 5.74) is 1.28. The number of rotatable bonds is 8. The van der Waals surface area contributed by atoms with Gasteiger partial charge in [0.25, 0.3) is 0 Å². The zero-order chi connectivity index (χ0) is 14.1. The third-order valence-electron chi connectivity index (χ3n) is 3.34. The lowest BCUT2D eigenvalue weighted by molar-refractivity contribution is 0.232. The van der Waals surface area contributed by atoms with Crippen LogP contribution in [-0.2, 0) is 0 Å². The molecule has 2 N–H and O–H groups in total. The predicted molar refractivity (Wildman–Crippen MR) is 77.5 cm³/mol. The van der Waals surface area contributed by atoms with Crippen molar-refractivity contribution in [2.24, 2.45) is 5.41 Å². The molecule has 0 aromatic heterocycles. The number of hydrogen-bond donors (Lipinski definition) is 2. The van der Waals surface area contributed by atoms with E-state index in [1.165, 1.54) is 0 Å². The van der Waals surface area contributed by atoms with Gasteiger partial charge in [-0.2, -0.15) is 5.26 Å². The standard InChI is InChI=1S/C16H24N2O/c1-16(2,10-6-12-19)13-18-15(9-11-17)14-7-4-3-5-8-14/h3-5,7-8,15,18-19H,6,9-10,12-13H2,1-2H3. The van der Waals surface area contributed by atoms with Crippen LogP contribution in [0.2, 0.25) is 0 Å². The summed E-state index contributed by atoms with van der Waals surface area (Å²) in [7, 11) is 0. The van der Waals surface area contributed by atoms with Gasteiger partial charge in [0.05, 0.1) is 12.5 Å². The fourth-order valence-corrected chi connectivity index (χ4v) is 2.13. The number of nitrogens with zero attached hydrogens (tertiary/aromatic N) is 1. The Labute approximate surface area is 116 Å². The van der Waals surface area contributed by atoms with Crippen LogP contribution < -0.4 is 5.32 Å². The van der Waals surface area contributed by atoms with Gasteiger partial charge in [-0.3, -0.25) is 0 Å². The molecule has 104 valence electrons. The number of aliphatic hydroxyl groups is 1. The molecular weight excluding hydrogens is 236 g/mol. The zero-order valence-corrected chi connectivity index (χ0v) is 11.9. The van der Waals surface area contributed by atoms with E-state index in [9.17, 15) is 0 Å². The van der Waals surface area contributed by atoms with Crippen molar-refractivity contribution < 1.29 is 5.11 Å². The number of benzene rings is 1. The fourth-order valence-electron chi connectivity index (χ4n) is 2.13. The van der Waals surface area contributed by atoms with Crippen LogP contribution in [0.5, 0.6) is 0 Å². The molecule has 0 aliphatic carbocycles. The number of aliphatic hydroxyl groups excluding tert-OH is 1. The molecule has 0 heterocycles. The van der Waals surface area contributed by atoms with Crippen molar-refractivity contribution in [3.05, 3.63) is 35.9 Å². The van der Waals surface area contributed by atoms with Crippen molar-refractivity contribution in [1.82, 2.24) is 5.32 Å². The summed E-state index contributed by atoms with van der Waals surface area (Å²) in [4.78, 5) is 0. The molecule has 0 saturated heterocycles. The maximum absolute atomic E-state index is 8.95. The van der Waals surface area contributed by atoms with Crippen LogP contribution in [0, 0.1) is 16.7 Å². The minimum Gasteiger partial charge on any atom is -0.396 e. The molecule has 0 amide bonds. The summed E-state index contributed by atoms with van der Waals surface area (Å²) in [5.74, 6) is 0. The Hall–Kier alpha value is -1.37. The molecule has 0 spiro atoms. The van der Waals surface area contributed by atoms with E-state index >= 15 is 0 Å². The van der Waals surface area contributed by atoms with Gasteiger partial charge in [-0.25, -0.2) is 0 Å². The Morgan fingerprint density at radius 3 is 2.58 bits per heavy atom. The second-order valence-corrected chi connectivity index (χ2v) is 5.70. The first kappa shape index (κ1) is 15.7. The maximum Gasteiger partial charge on any atom is 0.0641 e. The number of nitrogens with one attached hydrogen (secondary N) is 1. The second kappa shape index (κ2) is 7.93. The molecule has 1 unspecified atom stereocenters. The summed E-state index contributed by atoms with van der Waals surface area (Å²) in [6, 6.07) is 12.4. The van der Waals surface area contributed by atoms with Crippen molar-refractivity contribution >= 4 is 0 Å². The zero-order valence-electron chi connectivity index (χ0n) is 11.9. The Morgan fingerprint density at radius 1 is 1.32 bits per heavy atom. The molecular formula is C16H24N2O. The SMILES string of the molecule is CC(C)(CCCO)CNC(CC#N)c1ccccc1. The van der Waals surface area contributed by atoms with Crippen molar-refractivity contribution in [3.63, 3.8) is 0 Å². The van der Waals surface area contributed by atoms with Crippen molar-refractivity contribution in [1.29, 1.82) is 5.26 Å². The molecule has 0 bridgehead atoms. The van der Waals surface area contributed by atoms with Gasteiger partial charge in [0.2, 0.25) is 0 Å². The maximum atomic E-state index is 8.95. The van der Waals surface area contributed by atoms with Gasteiger partial charge < -0.3 is 10.4 Å². The molecule has 1 aromatic carbocycles. The molecule has 0 saturated carbocycles. The largest absolute Gasteiger partial charge is 0.396 e. The topological polar surface area (TPSA) is 56.0 Å². The second-order valence-electron chi connectivity index (χ2n) is 5.70. The van der Waals surface area contributed by atoms with Crippen LogP contribution >= 0.6 is 0 Å². The highest BCUT2D eigenvalue weighted by molar-refractivity contribution is 5.19. The van der Waals surface area contributed by atoms with Gasteiger partial charge in [-0.15, -0.1) is 0 Å². The van der Waals surface area contributed by atoms with E-state index in [2.05, 4.69) is 37.4 Å². The van der Waals surface area contributed by atoms with Crippen LogP contribution in [-0.4, -0.2) is 18.3 Å². The van der Waals surface area contributed by atoms with Crippen LogP contribution in [0.15, 0.2) is 30.3 Å². The van der Waals surface area contributed by atoms with Crippen molar-refractivity contribution in [2.75, 3.05) is 13.2 Å². The molecule has 3 heteroatoms. The molecule has 0 fully saturated rings. The summed E-state index contributed by atoms with van der Waals surface area (Å²) in [6.07, 6.45) is 2.27. The van der Waals surface area contributed by atoms with Crippen molar-refractivity contribution in [3.8, 4) is 6.07 Å². The molecule has 1 rings (SSSR count). The smallest absolute Gasteiger partial charge is 0.0641 e. The summed E-state index contributed by atoms with van der Waals surface area (Å²) in [6.45, 7) is 5.45. The lowest BCUT2D eigenvalue weighted by Gasteiger charge is -2.27. The van der Waals surface area contributed by atoms with E-state index in [1.807, 2.05) is 18.2 Å². The van der Waals surface area contributed by atoms with Crippen LogP contribution in [0.4, 0.5) is 0 Å². The predicted octanol–water partition coefficient (Wildman–Crippen LogP) is 3.03. The van der Waals surface area contributed by atoms with Gasteiger partial charge in [0, 0.05) is 19.2 Å². The molecule has 0 radical (unpaired) electrons. The Kier molecular flexibility index (Phi) is 6.55. The van der Waals surface area contributed by atoms with E-state index in [4.69, 9.17) is 10.4 Å². The first-order chi connectivity index (χ1) is 9.09. The van der Waals surface area contributed by atoms with E-state index in [1.54, 1.807) is 0 Å². The third-order valence-corrected chi connectivity index (χ3v) is 3.34. The van der Waals surface area contributed by atoms with E-state index in [-0.39, 0.29) is 18.1 Å². The highest BCUT2D eigenvalue weighted by Gasteiger charge is 2.19. The summed E-state index contributed by atoms with van der Waals surface area (Å²) < 4.78 is 0. The lowest BCUT2D eigenvalue weighted by Crippen LogP contribution is -2.32. The monoisotopic (exact) mass is 260 g/mol. The minimum absolute atomic E-state index is 0.0830. The number of nitriles is 1. The van der Waals surface area contributed by atoms with E-state index < -0.39 is 0 Å². The molecule has 0 aliphatic rings. The van der Waals surface area contributed by atoms with Gasteiger partial charge in [-0.05, 0) is 23.8 Å². The average molecular weight is 260 g/mol. The molecule has 1 aromatic rings. The van der Waals surface area contributed by atoms with Crippen LogP contribution in [0.25, 0.3) is 0 Å². The highest BCUT2D eigenvalue weighted by Crippen LogP contribution is 2.23.